The number of halogens is 2. The van der Waals surface area contributed by atoms with Crippen molar-refractivity contribution >= 4 is 11.6 Å². The second-order valence-electron chi connectivity index (χ2n) is 2.92. The molecule has 0 bridgehead atoms. The third-order valence-electron chi connectivity index (χ3n) is 1.90. The van der Waals surface area contributed by atoms with E-state index in [4.69, 9.17) is 16.7 Å². The Labute approximate surface area is 87.7 Å². The van der Waals surface area contributed by atoms with Crippen molar-refractivity contribution in [1.29, 1.82) is 0 Å². The van der Waals surface area contributed by atoms with Crippen molar-refractivity contribution in [1.82, 2.24) is 5.32 Å². The number of benzene rings is 1. The lowest BCUT2D eigenvalue weighted by molar-refractivity contribution is 0.292. The van der Waals surface area contributed by atoms with E-state index in [0.717, 1.165) is 0 Å². The Balaban J connectivity index is 2.49. The van der Waals surface area contributed by atoms with Gasteiger partial charge in [-0.2, -0.15) is 0 Å². The van der Waals surface area contributed by atoms with E-state index in [1.807, 2.05) is 0 Å². The lowest BCUT2D eigenvalue weighted by Gasteiger charge is -2.06. The summed E-state index contributed by atoms with van der Waals surface area (Å²) < 4.78 is 13.2. The first-order valence-corrected chi connectivity index (χ1v) is 4.88. The second kappa shape index (κ2) is 5.96. The van der Waals surface area contributed by atoms with Crippen molar-refractivity contribution in [2.24, 2.45) is 0 Å². The van der Waals surface area contributed by atoms with E-state index in [1.54, 1.807) is 12.1 Å². The fraction of sp³-hybridized carbons (Fsp3) is 0.400. The van der Waals surface area contributed by atoms with E-state index in [0.29, 0.717) is 30.1 Å². The predicted molar refractivity (Wildman–Crippen MR) is 55.1 cm³/mol. The molecule has 0 aliphatic rings. The van der Waals surface area contributed by atoms with E-state index in [2.05, 4.69) is 5.32 Å². The Hall–Kier alpha value is -0.640. The average molecular weight is 218 g/mol. The van der Waals surface area contributed by atoms with Crippen LogP contribution in [0.4, 0.5) is 4.39 Å². The summed E-state index contributed by atoms with van der Waals surface area (Å²) in [5.74, 6) is -0.275. The van der Waals surface area contributed by atoms with E-state index in [-0.39, 0.29) is 12.4 Å². The standard InChI is InChI=1S/C10H13ClFNO/c11-9-2-1-3-10(12)8(9)4-5-13-6-7-14/h1-3,13-14H,4-7H2. The highest BCUT2D eigenvalue weighted by molar-refractivity contribution is 6.31. The molecular weight excluding hydrogens is 205 g/mol. The van der Waals surface area contributed by atoms with Gasteiger partial charge in [0, 0.05) is 17.1 Å². The number of hydrogen-bond acceptors (Lipinski definition) is 2. The number of rotatable bonds is 5. The number of nitrogens with one attached hydrogen (secondary N) is 1. The summed E-state index contributed by atoms with van der Waals surface area (Å²) in [5.41, 5.74) is 0.527. The van der Waals surface area contributed by atoms with Crippen LogP contribution in [-0.4, -0.2) is 24.8 Å². The zero-order valence-corrected chi connectivity index (χ0v) is 8.52. The Kier molecular flexibility index (Phi) is 4.87. The van der Waals surface area contributed by atoms with Crippen molar-refractivity contribution in [2.75, 3.05) is 19.7 Å². The smallest absolute Gasteiger partial charge is 0.127 e. The maximum atomic E-state index is 13.2. The average Bonchev–Trinajstić information content (AvgIpc) is 2.16. The molecule has 0 saturated carbocycles. The number of aliphatic hydroxyl groups is 1. The van der Waals surface area contributed by atoms with Crippen molar-refractivity contribution < 1.29 is 9.50 Å². The first-order valence-electron chi connectivity index (χ1n) is 4.50. The largest absolute Gasteiger partial charge is 0.395 e. The van der Waals surface area contributed by atoms with Crippen LogP contribution < -0.4 is 5.32 Å². The van der Waals surface area contributed by atoms with Crippen LogP contribution in [0.15, 0.2) is 18.2 Å². The second-order valence-corrected chi connectivity index (χ2v) is 3.33. The zero-order valence-electron chi connectivity index (χ0n) is 7.76. The predicted octanol–water partition coefficient (Wildman–Crippen LogP) is 1.60. The highest BCUT2D eigenvalue weighted by Gasteiger charge is 2.05. The van der Waals surface area contributed by atoms with Gasteiger partial charge in [0.2, 0.25) is 0 Å². The summed E-state index contributed by atoms with van der Waals surface area (Å²) in [4.78, 5) is 0. The highest BCUT2D eigenvalue weighted by Crippen LogP contribution is 2.18. The van der Waals surface area contributed by atoms with Gasteiger partial charge in [0.15, 0.2) is 0 Å². The Morgan fingerprint density at radius 3 is 2.79 bits per heavy atom. The molecule has 4 heteroatoms. The molecule has 78 valence electrons. The minimum atomic E-state index is -0.275. The third kappa shape index (κ3) is 3.25. The van der Waals surface area contributed by atoms with Crippen molar-refractivity contribution in [3.8, 4) is 0 Å². The molecule has 2 nitrogen and oxygen atoms in total. The molecule has 0 amide bonds. The topological polar surface area (TPSA) is 32.3 Å². The van der Waals surface area contributed by atoms with Crippen molar-refractivity contribution in [2.45, 2.75) is 6.42 Å². The van der Waals surface area contributed by atoms with Gasteiger partial charge in [0.1, 0.15) is 5.82 Å². The summed E-state index contributed by atoms with van der Waals surface area (Å²) >= 11 is 5.83. The molecule has 0 unspecified atom stereocenters. The molecule has 1 aromatic carbocycles. The first kappa shape index (κ1) is 11.4. The summed E-state index contributed by atoms with van der Waals surface area (Å²) in [5, 5.41) is 11.9. The van der Waals surface area contributed by atoms with Gasteiger partial charge >= 0.3 is 0 Å². The minimum absolute atomic E-state index is 0.0883. The molecule has 0 spiro atoms. The van der Waals surface area contributed by atoms with Crippen LogP contribution in [0.2, 0.25) is 5.02 Å². The van der Waals surface area contributed by atoms with Gasteiger partial charge < -0.3 is 10.4 Å². The SMILES string of the molecule is OCCNCCc1c(F)cccc1Cl. The third-order valence-corrected chi connectivity index (χ3v) is 2.26. The zero-order chi connectivity index (χ0) is 10.4. The van der Waals surface area contributed by atoms with E-state index >= 15 is 0 Å². The fourth-order valence-corrected chi connectivity index (χ4v) is 1.45. The van der Waals surface area contributed by atoms with E-state index in [1.165, 1.54) is 6.07 Å². The fourth-order valence-electron chi connectivity index (χ4n) is 1.19. The number of aliphatic hydroxyl groups excluding tert-OH is 1. The van der Waals surface area contributed by atoms with Gasteiger partial charge in [0.05, 0.1) is 6.61 Å². The Morgan fingerprint density at radius 1 is 1.36 bits per heavy atom. The molecule has 0 aromatic heterocycles. The lowest BCUT2D eigenvalue weighted by atomic mass is 10.1. The molecule has 1 rings (SSSR count). The first-order chi connectivity index (χ1) is 6.75. The van der Waals surface area contributed by atoms with E-state index in [9.17, 15) is 4.39 Å². The van der Waals surface area contributed by atoms with Gasteiger partial charge in [-0.3, -0.25) is 0 Å². The molecule has 0 atom stereocenters. The van der Waals surface area contributed by atoms with Crippen LogP contribution in [-0.2, 0) is 6.42 Å². The van der Waals surface area contributed by atoms with Gasteiger partial charge in [-0.05, 0) is 25.1 Å². The van der Waals surface area contributed by atoms with Gasteiger partial charge in [-0.15, -0.1) is 0 Å². The summed E-state index contributed by atoms with van der Waals surface area (Å²) in [6.45, 7) is 1.22. The van der Waals surface area contributed by atoms with Crippen LogP contribution in [0.3, 0.4) is 0 Å². The Bertz CT molecular complexity index is 273. The summed E-state index contributed by atoms with van der Waals surface area (Å²) in [7, 11) is 0. The van der Waals surface area contributed by atoms with Crippen LogP contribution in [0.1, 0.15) is 5.56 Å². The molecule has 0 fully saturated rings. The molecule has 0 aliphatic heterocycles. The van der Waals surface area contributed by atoms with Crippen LogP contribution in [0, 0.1) is 5.82 Å². The highest BCUT2D eigenvalue weighted by atomic mass is 35.5. The minimum Gasteiger partial charge on any atom is -0.395 e. The Morgan fingerprint density at radius 2 is 2.14 bits per heavy atom. The quantitative estimate of drug-likeness (QED) is 0.735. The van der Waals surface area contributed by atoms with Crippen LogP contribution in [0.25, 0.3) is 0 Å². The molecule has 0 aliphatic carbocycles. The monoisotopic (exact) mass is 217 g/mol. The van der Waals surface area contributed by atoms with E-state index < -0.39 is 0 Å². The lowest BCUT2D eigenvalue weighted by Crippen LogP contribution is -2.21. The van der Waals surface area contributed by atoms with Gasteiger partial charge in [-0.1, -0.05) is 17.7 Å². The molecular formula is C10H13ClFNO. The summed E-state index contributed by atoms with van der Waals surface area (Å²) in [6.07, 6.45) is 0.533. The molecule has 14 heavy (non-hydrogen) atoms. The van der Waals surface area contributed by atoms with Gasteiger partial charge in [0.25, 0.3) is 0 Å². The van der Waals surface area contributed by atoms with Crippen LogP contribution >= 0.6 is 11.6 Å². The maximum absolute atomic E-state index is 13.2. The summed E-state index contributed by atoms with van der Waals surface area (Å²) in [6, 6.07) is 4.65. The molecule has 2 N–H and O–H groups in total. The van der Waals surface area contributed by atoms with Crippen molar-refractivity contribution in [3.05, 3.63) is 34.6 Å². The van der Waals surface area contributed by atoms with Crippen molar-refractivity contribution in [3.63, 3.8) is 0 Å². The van der Waals surface area contributed by atoms with Gasteiger partial charge in [-0.25, -0.2) is 4.39 Å². The molecule has 1 aromatic rings. The van der Waals surface area contributed by atoms with Crippen LogP contribution in [0.5, 0.6) is 0 Å². The molecule has 0 heterocycles. The molecule has 0 saturated heterocycles. The normalized spacial score (nSPS) is 10.5. The maximum Gasteiger partial charge on any atom is 0.127 e. The number of hydrogen-bond donors (Lipinski definition) is 2. The molecule has 0 radical (unpaired) electrons.